The Bertz CT molecular complexity index is 1600. The molecule has 0 radical (unpaired) electrons. The first-order valence-corrected chi connectivity index (χ1v) is 12.4. The highest BCUT2D eigenvalue weighted by molar-refractivity contribution is 5.99. The average Bonchev–Trinajstić information content (AvgIpc) is 3.46. The summed E-state index contributed by atoms with van der Waals surface area (Å²) in [5.41, 5.74) is 15.3. The van der Waals surface area contributed by atoms with E-state index in [9.17, 15) is 14.0 Å². The first kappa shape index (κ1) is 25.2. The maximum Gasteiger partial charge on any atom is 0.270 e. The molecule has 1 atom stereocenters. The predicted molar refractivity (Wildman–Crippen MR) is 143 cm³/mol. The van der Waals surface area contributed by atoms with Crippen LogP contribution >= 0.6 is 0 Å². The Kier molecular flexibility index (Phi) is 6.70. The van der Waals surface area contributed by atoms with Crippen LogP contribution in [0.2, 0.25) is 0 Å². The number of fused-ring (bicyclic) bond motifs is 1. The minimum Gasteiger partial charge on any atom is -0.370 e. The molecule has 5 rings (SSSR count). The third kappa shape index (κ3) is 4.76. The summed E-state index contributed by atoms with van der Waals surface area (Å²) in [5, 5.41) is 5.33. The highest BCUT2D eigenvalue weighted by Gasteiger charge is 2.28. The van der Waals surface area contributed by atoms with Crippen LogP contribution in [0.25, 0.3) is 38.1 Å². The number of hydrogen-bond donors (Lipinski definition) is 2. The molecule has 0 aliphatic carbocycles. The Morgan fingerprint density at radius 2 is 1.97 bits per heavy atom. The van der Waals surface area contributed by atoms with Crippen LogP contribution in [-0.4, -0.2) is 50.2 Å². The quantitative estimate of drug-likeness (QED) is 0.381. The molecule has 38 heavy (non-hydrogen) atoms. The van der Waals surface area contributed by atoms with Crippen molar-refractivity contribution in [2.75, 3.05) is 13.1 Å². The summed E-state index contributed by atoms with van der Waals surface area (Å²) in [6.45, 7) is 8.38. The summed E-state index contributed by atoms with van der Waals surface area (Å²) < 4.78 is 18.3. The van der Waals surface area contributed by atoms with Gasteiger partial charge in [-0.2, -0.15) is 5.10 Å². The number of piperidine rings is 1. The second kappa shape index (κ2) is 10.1. The van der Waals surface area contributed by atoms with E-state index in [0.717, 1.165) is 29.3 Å². The van der Waals surface area contributed by atoms with E-state index < -0.39 is 11.7 Å². The van der Waals surface area contributed by atoms with Crippen molar-refractivity contribution in [1.29, 1.82) is 0 Å². The Hall–Kier alpha value is -4.49. The van der Waals surface area contributed by atoms with E-state index in [2.05, 4.69) is 9.94 Å². The van der Waals surface area contributed by atoms with Crippen molar-refractivity contribution in [3.8, 4) is 22.4 Å². The van der Waals surface area contributed by atoms with Gasteiger partial charge < -0.3 is 20.9 Å². The van der Waals surface area contributed by atoms with Gasteiger partial charge in [0, 0.05) is 56.3 Å². The van der Waals surface area contributed by atoms with E-state index >= 15 is 0 Å². The lowest BCUT2D eigenvalue weighted by Crippen LogP contribution is -2.46. The number of aryl methyl sites for hydroxylation is 1. The fourth-order valence-electron chi connectivity index (χ4n) is 5.13. The van der Waals surface area contributed by atoms with E-state index in [1.54, 1.807) is 26.3 Å². The zero-order valence-electron chi connectivity index (χ0n) is 21.0. The third-order valence-electron chi connectivity index (χ3n) is 6.91. The van der Waals surface area contributed by atoms with Gasteiger partial charge in [0.2, 0.25) is 11.6 Å². The molecule has 4 N–H and O–H groups in total. The van der Waals surface area contributed by atoms with E-state index in [0.29, 0.717) is 35.6 Å². The number of primary amides is 1. The topological polar surface area (TPSA) is 117 Å². The van der Waals surface area contributed by atoms with Crippen LogP contribution in [0.3, 0.4) is 0 Å². The molecule has 1 aliphatic heterocycles. The molecule has 0 saturated carbocycles. The van der Waals surface area contributed by atoms with E-state index in [1.165, 1.54) is 12.1 Å². The maximum absolute atomic E-state index is 14.8. The number of rotatable bonds is 6. The Morgan fingerprint density at radius 3 is 2.68 bits per heavy atom. The summed E-state index contributed by atoms with van der Waals surface area (Å²) in [7, 11) is 1.84. The van der Waals surface area contributed by atoms with Gasteiger partial charge in [0.15, 0.2) is 0 Å². The van der Waals surface area contributed by atoms with Crippen molar-refractivity contribution in [1.82, 2.24) is 19.2 Å². The normalized spacial score (nSPS) is 15.5. The molecular weight excluding hydrogens is 485 g/mol. The highest BCUT2D eigenvalue weighted by Crippen LogP contribution is 2.38. The molecule has 0 bridgehead atoms. The van der Waals surface area contributed by atoms with Gasteiger partial charge in [-0.15, -0.1) is 0 Å². The largest absolute Gasteiger partial charge is 0.370 e. The van der Waals surface area contributed by atoms with Crippen LogP contribution in [0, 0.1) is 12.4 Å². The number of aromatic nitrogens is 3. The Labute approximate surface area is 219 Å². The Morgan fingerprint density at radius 1 is 1.18 bits per heavy atom. The van der Waals surface area contributed by atoms with Gasteiger partial charge >= 0.3 is 0 Å². The van der Waals surface area contributed by atoms with Crippen LogP contribution in [0.4, 0.5) is 10.1 Å². The average molecular weight is 514 g/mol. The first-order chi connectivity index (χ1) is 18.2. The number of carbonyl (C=O) groups is 2. The van der Waals surface area contributed by atoms with Gasteiger partial charge in [0.05, 0.1) is 17.8 Å². The zero-order chi connectivity index (χ0) is 27.0. The summed E-state index contributed by atoms with van der Waals surface area (Å²) >= 11 is 0. The minimum absolute atomic E-state index is 0.0150. The lowest BCUT2D eigenvalue weighted by molar-refractivity contribution is -0.118. The van der Waals surface area contributed by atoms with Crippen LogP contribution < -0.4 is 11.5 Å². The molecule has 1 fully saturated rings. The molecule has 4 aromatic rings. The lowest BCUT2D eigenvalue weighted by Gasteiger charge is -2.31. The van der Waals surface area contributed by atoms with Crippen molar-refractivity contribution < 1.29 is 14.0 Å². The first-order valence-electron chi connectivity index (χ1n) is 12.4. The number of amides is 2. The SMILES string of the molecule is [C-]#[N+]c1ccc(-c2cc(C(=O)N3CCC[C@@H](N)C3)n(CCC(N)=O)c2-c2ccc3nn(C)cc3c2)cc1F. The molecular formula is C28H28FN7O2. The molecule has 0 spiro atoms. The van der Waals surface area contributed by atoms with Gasteiger partial charge in [-0.1, -0.05) is 18.2 Å². The molecule has 3 heterocycles. The Balaban J connectivity index is 1.74. The summed E-state index contributed by atoms with van der Waals surface area (Å²) in [6.07, 6.45) is 3.55. The number of likely N-dealkylation sites (tertiary alicyclic amines) is 1. The van der Waals surface area contributed by atoms with Crippen molar-refractivity contribution >= 4 is 28.4 Å². The summed E-state index contributed by atoms with van der Waals surface area (Å²) in [5.74, 6) is -1.36. The molecule has 1 aliphatic rings. The fourth-order valence-corrected chi connectivity index (χ4v) is 5.13. The van der Waals surface area contributed by atoms with Gasteiger partial charge in [-0.05, 0) is 48.2 Å². The van der Waals surface area contributed by atoms with E-state index in [1.807, 2.05) is 31.4 Å². The second-order valence-electron chi connectivity index (χ2n) is 9.67. The zero-order valence-corrected chi connectivity index (χ0v) is 21.0. The lowest BCUT2D eigenvalue weighted by atomic mass is 9.99. The van der Waals surface area contributed by atoms with Crippen molar-refractivity contribution in [2.24, 2.45) is 18.5 Å². The van der Waals surface area contributed by atoms with Gasteiger partial charge in [-0.25, -0.2) is 9.24 Å². The number of benzene rings is 2. The summed E-state index contributed by atoms with van der Waals surface area (Å²) in [4.78, 5) is 30.6. The fraction of sp³-hybridized carbons (Fsp3) is 0.286. The summed E-state index contributed by atoms with van der Waals surface area (Å²) in [6, 6.07) is 11.8. The van der Waals surface area contributed by atoms with Crippen LogP contribution in [0.5, 0.6) is 0 Å². The van der Waals surface area contributed by atoms with E-state index in [-0.39, 0.29) is 30.6 Å². The molecule has 10 heteroatoms. The molecule has 9 nitrogen and oxygen atoms in total. The van der Waals surface area contributed by atoms with Crippen LogP contribution in [-0.2, 0) is 18.4 Å². The van der Waals surface area contributed by atoms with E-state index in [4.69, 9.17) is 18.0 Å². The van der Waals surface area contributed by atoms with Gasteiger partial charge in [0.25, 0.3) is 5.91 Å². The number of nitrogens with two attached hydrogens (primary N) is 2. The number of nitrogens with zero attached hydrogens (tertiary/aromatic N) is 5. The molecule has 2 amide bonds. The standard InChI is InChI=1S/C28H28FN7O2/c1-32-24-8-5-17(13-22(24)29)21-14-25(28(38)35-10-3-4-20(30)16-35)36(11-9-26(31)37)27(21)18-6-7-23-19(12-18)15-34(2)33-23/h5-8,12-15,20H,3-4,9-11,16,30H2,2H3,(H2,31,37)/t20-/m1/s1. The third-order valence-corrected chi connectivity index (χ3v) is 6.91. The number of halogens is 1. The predicted octanol–water partition coefficient (Wildman–Crippen LogP) is 3.84. The molecule has 194 valence electrons. The minimum atomic E-state index is -0.647. The van der Waals surface area contributed by atoms with Crippen LogP contribution in [0.15, 0.2) is 48.7 Å². The van der Waals surface area contributed by atoms with Crippen LogP contribution in [0.1, 0.15) is 29.8 Å². The van der Waals surface area contributed by atoms with Gasteiger partial charge in [-0.3, -0.25) is 14.3 Å². The van der Waals surface area contributed by atoms with Crippen molar-refractivity contribution in [2.45, 2.75) is 31.8 Å². The van der Waals surface area contributed by atoms with Crippen molar-refractivity contribution in [3.05, 3.63) is 71.6 Å². The molecule has 2 aromatic heterocycles. The molecule has 0 unspecified atom stereocenters. The molecule has 1 saturated heterocycles. The van der Waals surface area contributed by atoms with Gasteiger partial charge in [0.1, 0.15) is 11.5 Å². The highest BCUT2D eigenvalue weighted by atomic mass is 19.1. The molecule has 2 aromatic carbocycles. The second-order valence-corrected chi connectivity index (χ2v) is 9.67. The van der Waals surface area contributed by atoms with Crippen molar-refractivity contribution in [3.63, 3.8) is 0 Å². The number of hydrogen-bond acceptors (Lipinski definition) is 4. The smallest absolute Gasteiger partial charge is 0.270 e. The maximum atomic E-state index is 14.8. The number of carbonyl (C=O) groups excluding carboxylic acids is 2. The monoisotopic (exact) mass is 513 g/mol.